The molecule has 2 heterocycles. The Labute approximate surface area is 216 Å². The molecule has 37 heavy (non-hydrogen) atoms. The lowest BCUT2D eigenvalue weighted by atomic mass is 9.93. The van der Waals surface area contributed by atoms with Crippen LogP contribution in [0.1, 0.15) is 36.8 Å². The number of hydrogen-bond donors (Lipinski definition) is 1. The molecule has 3 aliphatic rings. The number of anilines is 1. The lowest BCUT2D eigenvalue weighted by Gasteiger charge is -2.38. The van der Waals surface area contributed by atoms with Gasteiger partial charge in [0.1, 0.15) is 0 Å². The zero-order valence-corrected chi connectivity index (χ0v) is 21.4. The van der Waals surface area contributed by atoms with Crippen molar-refractivity contribution >= 4 is 23.7 Å². The van der Waals surface area contributed by atoms with Crippen LogP contribution in [0.15, 0.2) is 47.0 Å². The van der Waals surface area contributed by atoms with Crippen LogP contribution in [-0.4, -0.2) is 67.9 Å². The molecule has 0 saturated carbocycles. The van der Waals surface area contributed by atoms with Crippen LogP contribution in [0.2, 0.25) is 0 Å². The molecule has 4 rings (SSSR count). The quantitative estimate of drug-likeness (QED) is 0.571. The van der Waals surface area contributed by atoms with E-state index >= 15 is 0 Å². The average molecular weight is 517 g/mol. The molecule has 1 N–H and O–H groups in total. The van der Waals surface area contributed by atoms with Gasteiger partial charge in [0, 0.05) is 49.1 Å². The number of allylic oxidation sites excluding steroid dienone is 3. The molecule has 2 saturated heterocycles. The minimum atomic E-state index is -4.40. The molecule has 0 radical (unpaired) electrons. The van der Waals surface area contributed by atoms with Gasteiger partial charge in [-0.15, -0.1) is 0 Å². The fraction of sp³-hybridized carbons (Fsp3) is 0.536. The summed E-state index contributed by atoms with van der Waals surface area (Å²) in [5, 5.41) is 2.40. The maximum absolute atomic E-state index is 12.9. The van der Waals surface area contributed by atoms with E-state index in [4.69, 9.17) is 0 Å². The second-order valence-electron chi connectivity index (χ2n) is 10.4. The fourth-order valence-corrected chi connectivity index (χ4v) is 5.47. The van der Waals surface area contributed by atoms with Crippen molar-refractivity contribution in [3.63, 3.8) is 0 Å². The highest BCUT2D eigenvalue weighted by Gasteiger charge is 2.39. The maximum atomic E-state index is 12.9. The van der Waals surface area contributed by atoms with E-state index in [0.717, 1.165) is 51.5 Å². The monoisotopic (exact) mass is 516 g/mol. The Balaban J connectivity index is 1.18. The summed E-state index contributed by atoms with van der Waals surface area (Å²) in [4.78, 5) is 33.3. The highest BCUT2D eigenvalue weighted by Crippen LogP contribution is 2.34. The van der Waals surface area contributed by atoms with Gasteiger partial charge < -0.3 is 10.2 Å². The molecule has 2 aliphatic heterocycles. The van der Waals surface area contributed by atoms with Crippen molar-refractivity contribution in [2.45, 2.75) is 51.7 Å². The molecule has 0 aromatic heterocycles. The molecular formula is C28H35F3N4O2. The van der Waals surface area contributed by atoms with Crippen molar-refractivity contribution in [1.29, 1.82) is 0 Å². The third kappa shape index (κ3) is 7.31. The second-order valence-corrected chi connectivity index (χ2v) is 10.4. The number of rotatable bonds is 6. The van der Waals surface area contributed by atoms with Crippen molar-refractivity contribution in [1.82, 2.24) is 10.2 Å². The summed E-state index contributed by atoms with van der Waals surface area (Å²) >= 11 is 0. The number of carbonyl (C=O) groups is 2. The predicted octanol–water partition coefficient (Wildman–Crippen LogP) is 4.37. The number of likely N-dealkylation sites (tertiary alicyclic amines) is 1. The highest BCUT2D eigenvalue weighted by molar-refractivity contribution is 5.97. The first-order valence-electron chi connectivity index (χ1n) is 12.9. The zero-order valence-electron chi connectivity index (χ0n) is 21.4. The molecule has 1 aromatic rings. The smallest absolute Gasteiger partial charge is 0.371 e. The number of halogens is 3. The number of carbonyl (C=O) groups excluding carboxylic acids is 2. The molecule has 0 bridgehead atoms. The van der Waals surface area contributed by atoms with Gasteiger partial charge in [-0.1, -0.05) is 24.3 Å². The Hall–Kier alpha value is -2.94. The van der Waals surface area contributed by atoms with Gasteiger partial charge in [-0.3, -0.25) is 14.5 Å². The standard InChI is InChI=1S/C28H35F3N4O2/c1-19-12-20(2)14-25(13-19)34-10-7-24(8-11-34)35-9-6-21(18-35)16-32-26(36)17-33-27(37)22-4-3-5-23(15-22)28(29,30)31/h3-5,12-14,16,21,23-24H,6-11,15,17-18H2,1-2H3,(H,33,37). The lowest BCUT2D eigenvalue weighted by Crippen LogP contribution is -2.44. The van der Waals surface area contributed by atoms with Crippen molar-refractivity contribution in [2.24, 2.45) is 16.8 Å². The molecule has 6 nitrogen and oxygen atoms in total. The minimum absolute atomic E-state index is 0.0108. The first kappa shape index (κ1) is 27.1. The van der Waals surface area contributed by atoms with Crippen LogP contribution in [0, 0.1) is 25.7 Å². The van der Waals surface area contributed by atoms with Crippen molar-refractivity contribution < 1.29 is 22.8 Å². The topological polar surface area (TPSA) is 65.0 Å². The molecule has 9 heteroatoms. The number of nitrogens with one attached hydrogen (secondary N) is 1. The number of nitrogens with zero attached hydrogens (tertiary/aromatic N) is 3. The molecule has 2 atom stereocenters. The van der Waals surface area contributed by atoms with E-state index in [1.54, 1.807) is 6.21 Å². The van der Waals surface area contributed by atoms with Gasteiger partial charge in [0.05, 0.1) is 12.5 Å². The highest BCUT2D eigenvalue weighted by atomic mass is 19.4. The largest absolute Gasteiger partial charge is 0.395 e. The van der Waals surface area contributed by atoms with Crippen LogP contribution in [0.4, 0.5) is 18.9 Å². The van der Waals surface area contributed by atoms with Gasteiger partial charge in [0.25, 0.3) is 5.91 Å². The molecule has 1 aromatic carbocycles. The molecule has 1 aliphatic carbocycles. The van der Waals surface area contributed by atoms with Crippen LogP contribution in [0.25, 0.3) is 0 Å². The van der Waals surface area contributed by atoms with Gasteiger partial charge in [0.15, 0.2) is 0 Å². The second kappa shape index (κ2) is 11.6. The zero-order chi connectivity index (χ0) is 26.6. The molecule has 200 valence electrons. The Morgan fingerprint density at radius 2 is 1.78 bits per heavy atom. The number of amides is 2. The van der Waals surface area contributed by atoms with Crippen molar-refractivity contribution in [2.75, 3.05) is 37.6 Å². The molecule has 2 fully saturated rings. The molecular weight excluding hydrogens is 481 g/mol. The Morgan fingerprint density at radius 3 is 2.46 bits per heavy atom. The van der Waals surface area contributed by atoms with Crippen LogP contribution in [0.5, 0.6) is 0 Å². The fourth-order valence-electron chi connectivity index (χ4n) is 5.47. The number of piperidine rings is 1. The van der Waals surface area contributed by atoms with E-state index in [9.17, 15) is 22.8 Å². The minimum Gasteiger partial charge on any atom is -0.371 e. The third-order valence-corrected chi connectivity index (χ3v) is 7.43. The van der Waals surface area contributed by atoms with Crippen LogP contribution in [0.3, 0.4) is 0 Å². The number of benzene rings is 1. The SMILES string of the molecule is Cc1cc(C)cc(N2CCC(N3CCC(C=NC(=O)CNC(=O)C4=CC=CC(C(F)(F)F)C4)C3)CC2)c1. The summed E-state index contributed by atoms with van der Waals surface area (Å²) in [7, 11) is 0. The number of alkyl halides is 3. The summed E-state index contributed by atoms with van der Waals surface area (Å²) in [6.07, 6.45) is 3.59. The normalized spacial score (nSPS) is 23.5. The number of aliphatic imine (C=N–C) groups is 1. The number of aryl methyl sites for hydroxylation is 2. The average Bonchev–Trinajstić information content (AvgIpc) is 3.34. The van der Waals surface area contributed by atoms with E-state index in [2.05, 4.69) is 52.2 Å². The summed E-state index contributed by atoms with van der Waals surface area (Å²) in [6.45, 7) is 7.81. The predicted molar refractivity (Wildman–Crippen MR) is 139 cm³/mol. The Bertz CT molecular complexity index is 1070. The Morgan fingerprint density at radius 1 is 1.08 bits per heavy atom. The Kier molecular flexibility index (Phi) is 8.52. The van der Waals surface area contributed by atoms with Gasteiger partial charge in [-0.2, -0.15) is 13.2 Å². The molecule has 0 spiro atoms. The lowest BCUT2D eigenvalue weighted by molar-refractivity contribution is -0.161. The molecule has 2 unspecified atom stereocenters. The first-order chi connectivity index (χ1) is 17.6. The van der Waals surface area contributed by atoms with E-state index in [1.165, 1.54) is 29.0 Å². The number of hydrogen-bond acceptors (Lipinski definition) is 4. The van der Waals surface area contributed by atoms with Crippen LogP contribution in [-0.2, 0) is 9.59 Å². The summed E-state index contributed by atoms with van der Waals surface area (Å²) in [5.74, 6) is -2.68. The third-order valence-electron chi connectivity index (χ3n) is 7.43. The summed E-state index contributed by atoms with van der Waals surface area (Å²) in [5.41, 5.74) is 3.87. The van der Waals surface area contributed by atoms with Gasteiger partial charge in [-0.25, -0.2) is 4.99 Å². The van der Waals surface area contributed by atoms with Gasteiger partial charge in [-0.05, 0) is 69.3 Å². The van der Waals surface area contributed by atoms with E-state index in [1.807, 2.05) is 0 Å². The summed E-state index contributed by atoms with van der Waals surface area (Å²) in [6, 6.07) is 7.21. The first-order valence-corrected chi connectivity index (χ1v) is 12.9. The van der Waals surface area contributed by atoms with Crippen LogP contribution < -0.4 is 10.2 Å². The molecule has 2 amide bonds. The van der Waals surface area contributed by atoms with Gasteiger partial charge in [0.2, 0.25) is 5.91 Å². The maximum Gasteiger partial charge on any atom is 0.395 e. The summed E-state index contributed by atoms with van der Waals surface area (Å²) < 4.78 is 38.7. The van der Waals surface area contributed by atoms with E-state index < -0.39 is 30.3 Å². The van der Waals surface area contributed by atoms with Crippen molar-refractivity contribution in [3.05, 3.63) is 53.1 Å². The van der Waals surface area contributed by atoms with E-state index in [-0.39, 0.29) is 18.0 Å². The van der Waals surface area contributed by atoms with Gasteiger partial charge >= 0.3 is 6.18 Å². The van der Waals surface area contributed by atoms with Crippen molar-refractivity contribution in [3.8, 4) is 0 Å². The van der Waals surface area contributed by atoms with E-state index in [0.29, 0.717) is 6.04 Å². The van der Waals surface area contributed by atoms with Crippen LogP contribution >= 0.6 is 0 Å².